The number of pyridine rings is 1. The van der Waals surface area contributed by atoms with Crippen LogP contribution in [-0.2, 0) is 20.8 Å². The molecule has 1 aromatic heterocycles. The lowest BCUT2D eigenvalue weighted by atomic mass is 10.0. The zero-order valence-electron chi connectivity index (χ0n) is 30.4. The zero-order chi connectivity index (χ0) is 37.1. The SMILES string of the molecule is CCCOc1ccc(F)c2c(=O)c(-c3ccc(OC)cc3)cn(CCNC(=O)C(CCCCNC(=O)OC(C)(C)C)NC(=O)OC(C)(C)C)c12. The first kappa shape index (κ1) is 39.6. The van der Waals surface area contributed by atoms with Gasteiger partial charge in [-0.25, -0.2) is 14.0 Å². The molecule has 2 aromatic carbocycles. The van der Waals surface area contributed by atoms with Gasteiger partial charge >= 0.3 is 12.2 Å². The Morgan fingerprint density at radius 3 is 2.16 bits per heavy atom. The number of carbonyl (C=O) groups excluding carboxylic acids is 3. The van der Waals surface area contributed by atoms with Crippen molar-refractivity contribution in [3.8, 4) is 22.6 Å². The van der Waals surface area contributed by atoms with Crippen LogP contribution in [0.15, 0.2) is 47.4 Å². The highest BCUT2D eigenvalue weighted by atomic mass is 19.1. The fourth-order valence-corrected chi connectivity index (χ4v) is 5.06. The van der Waals surface area contributed by atoms with E-state index in [0.717, 1.165) is 0 Å². The maximum atomic E-state index is 15.4. The molecule has 3 N–H and O–H groups in total. The molecule has 0 aliphatic carbocycles. The number of rotatable bonds is 15. The van der Waals surface area contributed by atoms with Crippen molar-refractivity contribution in [2.45, 2.75) is 97.9 Å². The molecule has 0 spiro atoms. The quantitative estimate of drug-likeness (QED) is 0.157. The van der Waals surface area contributed by atoms with Crippen LogP contribution >= 0.6 is 0 Å². The Morgan fingerprint density at radius 1 is 0.880 bits per heavy atom. The number of nitrogens with one attached hydrogen (secondary N) is 3. The van der Waals surface area contributed by atoms with Crippen LogP contribution in [-0.4, -0.2) is 66.7 Å². The normalized spacial score (nSPS) is 12.2. The molecule has 0 saturated carbocycles. The van der Waals surface area contributed by atoms with Gasteiger partial charge in [-0.05, 0) is 97.1 Å². The number of amides is 3. The number of ether oxygens (including phenoxy) is 4. The number of fused-ring (bicyclic) bond motifs is 1. The van der Waals surface area contributed by atoms with Crippen molar-refractivity contribution in [1.82, 2.24) is 20.5 Å². The molecule has 0 aliphatic rings. The van der Waals surface area contributed by atoms with E-state index in [4.69, 9.17) is 18.9 Å². The molecular formula is C37H51FN4O8. The molecule has 1 unspecified atom stereocenters. The number of aromatic nitrogens is 1. The molecule has 274 valence electrons. The van der Waals surface area contributed by atoms with E-state index in [1.54, 1.807) is 76.6 Å². The summed E-state index contributed by atoms with van der Waals surface area (Å²) < 4.78 is 38.9. The highest BCUT2D eigenvalue weighted by Crippen LogP contribution is 2.30. The van der Waals surface area contributed by atoms with Gasteiger partial charge in [0.15, 0.2) is 5.43 Å². The number of halogens is 1. The molecule has 0 fully saturated rings. The molecule has 13 heteroatoms. The van der Waals surface area contributed by atoms with Crippen LogP contribution in [0.2, 0.25) is 0 Å². The fourth-order valence-electron chi connectivity index (χ4n) is 5.06. The summed E-state index contributed by atoms with van der Waals surface area (Å²) in [4.78, 5) is 51.8. The van der Waals surface area contributed by atoms with Crippen LogP contribution in [0.5, 0.6) is 11.5 Å². The smallest absolute Gasteiger partial charge is 0.408 e. The van der Waals surface area contributed by atoms with Gasteiger partial charge in [-0.2, -0.15) is 0 Å². The molecule has 1 heterocycles. The number of benzene rings is 2. The lowest BCUT2D eigenvalue weighted by Crippen LogP contribution is -2.48. The molecule has 3 rings (SSSR count). The molecule has 0 aliphatic heterocycles. The third-order valence-electron chi connectivity index (χ3n) is 7.24. The van der Waals surface area contributed by atoms with E-state index in [-0.39, 0.29) is 36.0 Å². The van der Waals surface area contributed by atoms with Crippen molar-refractivity contribution in [2.24, 2.45) is 0 Å². The van der Waals surface area contributed by atoms with Gasteiger partial charge in [0.2, 0.25) is 5.91 Å². The Labute approximate surface area is 293 Å². The van der Waals surface area contributed by atoms with E-state index in [9.17, 15) is 19.2 Å². The van der Waals surface area contributed by atoms with Crippen molar-refractivity contribution < 1.29 is 37.7 Å². The number of methoxy groups -OCH3 is 1. The first-order valence-electron chi connectivity index (χ1n) is 16.9. The molecule has 0 radical (unpaired) electrons. The highest BCUT2D eigenvalue weighted by molar-refractivity contribution is 5.89. The van der Waals surface area contributed by atoms with Gasteiger partial charge in [-0.1, -0.05) is 19.1 Å². The van der Waals surface area contributed by atoms with E-state index in [2.05, 4.69) is 16.0 Å². The monoisotopic (exact) mass is 698 g/mol. The number of unbranched alkanes of at least 4 members (excludes halogenated alkanes) is 1. The number of hydrogen-bond acceptors (Lipinski definition) is 8. The Balaban J connectivity index is 1.83. The first-order chi connectivity index (χ1) is 23.5. The van der Waals surface area contributed by atoms with Crippen LogP contribution in [0.4, 0.5) is 14.0 Å². The second-order valence-corrected chi connectivity index (χ2v) is 13.8. The van der Waals surface area contributed by atoms with Crippen LogP contribution in [0.1, 0.15) is 74.1 Å². The number of nitrogens with zero attached hydrogens (tertiary/aromatic N) is 1. The van der Waals surface area contributed by atoms with E-state index in [0.29, 0.717) is 49.5 Å². The number of carbonyl (C=O) groups is 3. The topological polar surface area (TPSA) is 146 Å². The lowest BCUT2D eigenvalue weighted by Gasteiger charge is -2.24. The molecule has 3 aromatic rings. The fraction of sp³-hybridized carbons (Fsp3) is 0.514. The predicted molar refractivity (Wildman–Crippen MR) is 190 cm³/mol. The minimum Gasteiger partial charge on any atom is -0.497 e. The third-order valence-corrected chi connectivity index (χ3v) is 7.24. The largest absolute Gasteiger partial charge is 0.497 e. The second-order valence-electron chi connectivity index (χ2n) is 13.8. The predicted octanol–water partition coefficient (Wildman–Crippen LogP) is 6.31. The molecule has 0 saturated heterocycles. The van der Waals surface area contributed by atoms with Crippen molar-refractivity contribution >= 4 is 29.0 Å². The Kier molecular flexibility index (Phi) is 14.0. The van der Waals surface area contributed by atoms with Crippen molar-refractivity contribution in [3.63, 3.8) is 0 Å². The summed E-state index contributed by atoms with van der Waals surface area (Å²) in [6, 6.07) is 8.64. The van der Waals surface area contributed by atoms with Gasteiger partial charge in [0.05, 0.1) is 24.6 Å². The summed E-state index contributed by atoms with van der Waals surface area (Å²) in [5.41, 5.74) is -0.784. The minimum absolute atomic E-state index is 0.0787. The maximum absolute atomic E-state index is 15.4. The molecule has 50 heavy (non-hydrogen) atoms. The first-order valence-corrected chi connectivity index (χ1v) is 16.9. The number of alkyl carbamates (subject to hydrolysis) is 2. The standard InChI is InChI=1S/C37H51FN4O8/c1-9-22-48-29-18-17-27(38)30-31(29)42(23-26(32(30)43)24-13-15-25(47-8)16-14-24)21-20-39-33(44)28(41-35(46)50-37(5,6)7)12-10-11-19-40-34(45)49-36(2,3)4/h13-18,23,28H,9-12,19-22H2,1-8H3,(H,39,44)(H,40,45)(H,41,46). The molecular weight excluding hydrogens is 647 g/mol. The summed E-state index contributed by atoms with van der Waals surface area (Å²) >= 11 is 0. The van der Waals surface area contributed by atoms with Gasteiger partial charge in [-0.3, -0.25) is 9.59 Å². The van der Waals surface area contributed by atoms with Crippen LogP contribution < -0.4 is 30.9 Å². The third kappa shape index (κ3) is 12.0. The van der Waals surface area contributed by atoms with Crippen LogP contribution in [0, 0.1) is 5.82 Å². The summed E-state index contributed by atoms with van der Waals surface area (Å²) in [5.74, 6) is -0.194. The van der Waals surface area contributed by atoms with Gasteiger partial charge in [-0.15, -0.1) is 0 Å². The van der Waals surface area contributed by atoms with E-state index < -0.39 is 46.6 Å². The molecule has 3 amide bonds. The molecule has 1 atom stereocenters. The zero-order valence-corrected chi connectivity index (χ0v) is 30.4. The summed E-state index contributed by atoms with van der Waals surface area (Å²) in [5, 5.41) is 8.09. The number of hydrogen-bond donors (Lipinski definition) is 3. The average Bonchev–Trinajstić information content (AvgIpc) is 3.02. The average molecular weight is 699 g/mol. The summed E-state index contributed by atoms with van der Waals surface area (Å²) in [6.07, 6.45) is 2.35. The minimum atomic E-state index is -0.937. The second kappa shape index (κ2) is 17.7. The van der Waals surface area contributed by atoms with Crippen molar-refractivity contribution in [3.05, 3.63) is 58.6 Å². The van der Waals surface area contributed by atoms with Crippen molar-refractivity contribution in [2.75, 3.05) is 26.8 Å². The van der Waals surface area contributed by atoms with E-state index in [1.165, 1.54) is 19.2 Å². The molecule has 0 bridgehead atoms. The van der Waals surface area contributed by atoms with Gasteiger partial charge in [0.25, 0.3) is 0 Å². The Hall–Kier alpha value is -4.81. The Morgan fingerprint density at radius 2 is 1.54 bits per heavy atom. The van der Waals surface area contributed by atoms with Crippen LogP contribution in [0.3, 0.4) is 0 Å². The van der Waals surface area contributed by atoms with Crippen LogP contribution in [0.25, 0.3) is 22.0 Å². The van der Waals surface area contributed by atoms with E-state index >= 15 is 4.39 Å². The Bertz CT molecular complexity index is 1680. The van der Waals surface area contributed by atoms with Gasteiger partial charge < -0.3 is 39.5 Å². The van der Waals surface area contributed by atoms with E-state index in [1.807, 2.05) is 6.92 Å². The van der Waals surface area contributed by atoms with Gasteiger partial charge in [0, 0.05) is 31.4 Å². The highest BCUT2D eigenvalue weighted by Gasteiger charge is 2.25. The van der Waals surface area contributed by atoms with Crippen molar-refractivity contribution in [1.29, 1.82) is 0 Å². The van der Waals surface area contributed by atoms with Gasteiger partial charge in [0.1, 0.15) is 34.6 Å². The molecule has 12 nitrogen and oxygen atoms in total. The maximum Gasteiger partial charge on any atom is 0.408 e. The summed E-state index contributed by atoms with van der Waals surface area (Å²) in [7, 11) is 1.54. The summed E-state index contributed by atoms with van der Waals surface area (Å²) in [6.45, 7) is 13.3. The lowest BCUT2D eigenvalue weighted by molar-refractivity contribution is -0.123.